The summed E-state index contributed by atoms with van der Waals surface area (Å²) in [6, 6.07) is 17.4. The lowest BCUT2D eigenvalue weighted by Crippen LogP contribution is -2.25. The molecule has 1 amide bonds. The minimum Gasteiger partial charge on any atom is -0.351 e. The predicted octanol–water partition coefficient (Wildman–Crippen LogP) is 7.30. The number of aromatic amines is 1. The molecule has 4 aromatic rings. The molecule has 1 aromatic heterocycles. The van der Waals surface area contributed by atoms with Crippen LogP contribution < -0.4 is 5.32 Å². The standard InChI is InChI=1S/C26H19F6N3OS/c27-25(28,29)19-10-6-16(7-11-19)21-22(17-8-12-20(13-9-17)26(30,31)32)35-24(34-21)37-15-14-33-23(36)18-4-2-1-3-5-18/h1-13H,14-15H2,(H,33,36)(H,34,35). The van der Waals surface area contributed by atoms with Gasteiger partial charge in [-0.05, 0) is 36.4 Å². The Balaban J connectivity index is 1.56. The Labute approximate surface area is 212 Å². The summed E-state index contributed by atoms with van der Waals surface area (Å²) >= 11 is 1.26. The summed E-state index contributed by atoms with van der Waals surface area (Å²) in [5.41, 5.74) is 0.276. The van der Waals surface area contributed by atoms with E-state index in [0.29, 0.717) is 45.5 Å². The van der Waals surface area contributed by atoms with E-state index in [-0.39, 0.29) is 5.91 Å². The van der Waals surface area contributed by atoms with E-state index in [0.717, 1.165) is 24.3 Å². The van der Waals surface area contributed by atoms with Gasteiger partial charge in [-0.2, -0.15) is 26.3 Å². The van der Waals surface area contributed by atoms with Crippen LogP contribution in [0.25, 0.3) is 22.5 Å². The zero-order valence-electron chi connectivity index (χ0n) is 19.0. The summed E-state index contributed by atoms with van der Waals surface area (Å²) < 4.78 is 78.0. The van der Waals surface area contributed by atoms with Gasteiger partial charge < -0.3 is 10.3 Å². The molecule has 0 radical (unpaired) electrons. The maximum atomic E-state index is 13.0. The Hall–Kier alpha value is -3.73. The molecule has 0 unspecified atom stereocenters. The molecule has 1 heterocycles. The number of aromatic nitrogens is 2. The Morgan fingerprint density at radius 1 is 0.784 bits per heavy atom. The first-order chi connectivity index (χ1) is 17.5. The van der Waals surface area contributed by atoms with Gasteiger partial charge in [-0.3, -0.25) is 4.79 Å². The molecule has 4 rings (SSSR count). The van der Waals surface area contributed by atoms with Crippen LogP contribution in [-0.4, -0.2) is 28.2 Å². The van der Waals surface area contributed by atoms with Crippen molar-refractivity contribution in [2.45, 2.75) is 17.5 Å². The molecule has 37 heavy (non-hydrogen) atoms. The largest absolute Gasteiger partial charge is 0.416 e. The van der Waals surface area contributed by atoms with Gasteiger partial charge >= 0.3 is 12.4 Å². The third-order valence-corrected chi connectivity index (χ3v) is 6.21. The Kier molecular flexibility index (Phi) is 7.63. The van der Waals surface area contributed by atoms with Crippen LogP contribution in [0.15, 0.2) is 84.0 Å². The van der Waals surface area contributed by atoms with Crippen LogP contribution in [0.5, 0.6) is 0 Å². The zero-order valence-corrected chi connectivity index (χ0v) is 19.8. The Bertz CT molecular complexity index is 1270. The van der Waals surface area contributed by atoms with Gasteiger partial charge in [0.2, 0.25) is 0 Å². The average molecular weight is 536 g/mol. The number of hydrogen-bond donors (Lipinski definition) is 2. The molecule has 0 spiro atoms. The number of rotatable bonds is 7. The highest BCUT2D eigenvalue weighted by Crippen LogP contribution is 2.37. The second-order valence-electron chi connectivity index (χ2n) is 7.89. The van der Waals surface area contributed by atoms with Crippen LogP contribution in [0.4, 0.5) is 26.3 Å². The van der Waals surface area contributed by atoms with Crippen molar-refractivity contribution in [3.8, 4) is 22.5 Å². The molecule has 0 aliphatic carbocycles. The normalized spacial score (nSPS) is 11.9. The van der Waals surface area contributed by atoms with Gasteiger partial charge in [0.05, 0.1) is 22.5 Å². The minimum atomic E-state index is -4.51. The molecular formula is C26H19F6N3OS. The summed E-state index contributed by atoms with van der Waals surface area (Å²) in [5, 5.41) is 3.18. The van der Waals surface area contributed by atoms with E-state index >= 15 is 0 Å². The van der Waals surface area contributed by atoms with Crippen molar-refractivity contribution in [3.63, 3.8) is 0 Å². The van der Waals surface area contributed by atoms with Crippen molar-refractivity contribution in [2.24, 2.45) is 0 Å². The van der Waals surface area contributed by atoms with Crippen LogP contribution in [0.1, 0.15) is 21.5 Å². The Morgan fingerprint density at radius 3 is 1.86 bits per heavy atom. The van der Waals surface area contributed by atoms with E-state index in [1.807, 2.05) is 0 Å². The highest BCUT2D eigenvalue weighted by Gasteiger charge is 2.31. The van der Waals surface area contributed by atoms with E-state index in [1.54, 1.807) is 30.3 Å². The smallest absolute Gasteiger partial charge is 0.351 e. The molecule has 2 N–H and O–H groups in total. The fourth-order valence-corrected chi connectivity index (χ4v) is 4.21. The number of benzene rings is 3. The van der Waals surface area contributed by atoms with Crippen LogP contribution in [0, 0.1) is 0 Å². The second-order valence-corrected chi connectivity index (χ2v) is 8.97. The maximum absolute atomic E-state index is 13.0. The number of hydrogen-bond acceptors (Lipinski definition) is 3. The van der Waals surface area contributed by atoms with Crippen molar-refractivity contribution in [2.75, 3.05) is 12.3 Å². The number of carbonyl (C=O) groups is 1. The molecule has 0 aliphatic rings. The van der Waals surface area contributed by atoms with Gasteiger partial charge in [-0.25, -0.2) is 4.98 Å². The summed E-state index contributed by atoms with van der Waals surface area (Å²) in [5.74, 6) is 0.182. The summed E-state index contributed by atoms with van der Waals surface area (Å²) in [7, 11) is 0. The van der Waals surface area contributed by atoms with Gasteiger partial charge in [-0.15, -0.1) is 0 Å². The maximum Gasteiger partial charge on any atom is 0.416 e. The van der Waals surface area contributed by atoms with Crippen LogP contribution in [0.2, 0.25) is 0 Å². The molecule has 0 bridgehead atoms. The number of H-pyrrole nitrogens is 1. The lowest BCUT2D eigenvalue weighted by molar-refractivity contribution is -0.138. The molecule has 11 heteroatoms. The first-order valence-electron chi connectivity index (χ1n) is 10.9. The minimum absolute atomic E-state index is 0.239. The molecule has 0 aliphatic heterocycles. The molecule has 4 nitrogen and oxygen atoms in total. The van der Waals surface area contributed by atoms with E-state index in [1.165, 1.54) is 36.0 Å². The van der Waals surface area contributed by atoms with Crippen molar-refractivity contribution >= 4 is 17.7 Å². The number of halogens is 6. The zero-order chi connectivity index (χ0) is 26.6. The lowest BCUT2D eigenvalue weighted by atomic mass is 10.0. The fraction of sp³-hybridized carbons (Fsp3) is 0.154. The second kappa shape index (κ2) is 10.7. The molecule has 0 saturated heterocycles. The number of thioether (sulfide) groups is 1. The number of carbonyl (C=O) groups excluding carboxylic acids is 1. The van der Waals surface area contributed by atoms with Gasteiger partial charge in [0, 0.05) is 29.0 Å². The van der Waals surface area contributed by atoms with Crippen molar-refractivity contribution in [1.82, 2.24) is 15.3 Å². The average Bonchev–Trinajstić information content (AvgIpc) is 3.30. The molecule has 0 saturated carbocycles. The molecule has 0 atom stereocenters. The molecule has 0 fully saturated rings. The van der Waals surface area contributed by atoms with Crippen LogP contribution >= 0.6 is 11.8 Å². The van der Waals surface area contributed by atoms with Crippen molar-refractivity contribution < 1.29 is 31.1 Å². The number of nitrogens with zero attached hydrogens (tertiary/aromatic N) is 1. The SMILES string of the molecule is O=C(NCCSc1nc(-c2ccc(C(F)(F)F)cc2)c(-c2ccc(C(F)(F)F)cc2)[nH]1)c1ccccc1. The summed E-state index contributed by atoms with van der Waals surface area (Å²) in [6.45, 7) is 0.310. The van der Waals surface area contributed by atoms with E-state index in [9.17, 15) is 31.1 Å². The number of nitrogens with one attached hydrogen (secondary N) is 2. The van der Waals surface area contributed by atoms with Gasteiger partial charge in [-0.1, -0.05) is 54.2 Å². The summed E-state index contributed by atoms with van der Waals surface area (Å²) in [6.07, 6.45) is -9.01. The van der Waals surface area contributed by atoms with Crippen molar-refractivity contribution in [3.05, 3.63) is 95.6 Å². The van der Waals surface area contributed by atoms with Gasteiger partial charge in [0.25, 0.3) is 5.91 Å². The van der Waals surface area contributed by atoms with E-state index in [4.69, 9.17) is 0 Å². The quantitative estimate of drug-likeness (QED) is 0.148. The highest BCUT2D eigenvalue weighted by atomic mass is 32.2. The monoisotopic (exact) mass is 535 g/mol. The van der Waals surface area contributed by atoms with Crippen LogP contribution in [-0.2, 0) is 12.4 Å². The third-order valence-electron chi connectivity index (χ3n) is 5.33. The number of alkyl halides is 6. The topological polar surface area (TPSA) is 57.8 Å². The molecular weight excluding hydrogens is 516 g/mol. The van der Waals surface area contributed by atoms with E-state index in [2.05, 4.69) is 15.3 Å². The number of imidazole rings is 1. The predicted molar refractivity (Wildman–Crippen MR) is 129 cm³/mol. The molecule has 3 aromatic carbocycles. The van der Waals surface area contributed by atoms with E-state index < -0.39 is 23.5 Å². The Morgan fingerprint density at radius 2 is 1.32 bits per heavy atom. The number of amides is 1. The third kappa shape index (κ3) is 6.53. The fourth-order valence-electron chi connectivity index (χ4n) is 3.48. The first kappa shape index (κ1) is 26.3. The molecule has 192 valence electrons. The highest BCUT2D eigenvalue weighted by molar-refractivity contribution is 7.99. The van der Waals surface area contributed by atoms with Gasteiger partial charge in [0.15, 0.2) is 5.16 Å². The summed E-state index contributed by atoms with van der Waals surface area (Å²) in [4.78, 5) is 19.7. The van der Waals surface area contributed by atoms with Crippen molar-refractivity contribution in [1.29, 1.82) is 0 Å². The lowest BCUT2D eigenvalue weighted by Gasteiger charge is -2.09. The first-order valence-corrected chi connectivity index (χ1v) is 11.9. The van der Waals surface area contributed by atoms with Gasteiger partial charge in [0.1, 0.15) is 0 Å². The van der Waals surface area contributed by atoms with Crippen LogP contribution in [0.3, 0.4) is 0 Å².